The zero-order chi connectivity index (χ0) is 15.9. The van der Waals surface area contributed by atoms with Crippen LogP contribution in [0.15, 0.2) is 30.3 Å². The summed E-state index contributed by atoms with van der Waals surface area (Å²) in [5.74, 6) is -1.12. The van der Waals surface area contributed by atoms with Crippen LogP contribution >= 0.6 is 0 Å². The third kappa shape index (κ3) is 1.94. The van der Waals surface area contributed by atoms with Crippen LogP contribution in [-0.4, -0.2) is 31.1 Å². The van der Waals surface area contributed by atoms with Gasteiger partial charge < -0.3 is 14.5 Å². The Kier molecular flexibility index (Phi) is 3.33. The number of carbonyl (C=O) groups is 2. The first-order valence-corrected chi connectivity index (χ1v) is 6.79. The molecule has 2 aromatic carbocycles. The third-order valence-electron chi connectivity index (χ3n) is 3.78. The van der Waals surface area contributed by atoms with Gasteiger partial charge in [-0.1, -0.05) is 18.2 Å². The van der Waals surface area contributed by atoms with Crippen molar-refractivity contribution in [2.75, 3.05) is 14.2 Å². The molecule has 3 aromatic rings. The Balaban J connectivity index is 2.54. The van der Waals surface area contributed by atoms with Crippen molar-refractivity contribution in [3.05, 3.63) is 47.0 Å². The number of aromatic nitrogens is 1. The number of aromatic amines is 1. The van der Waals surface area contributed by atoms with Crippen LogP contribution in [0.25, 0.3) is 21.8 Å². The molecule has 112 valence electrons. The standard InChI is InChI=1S/C17H15NO4/c1-9-8-11(16(19)21-2)14(17(20)22-3)13-10-6-4-5-7-12(10)18-15(9)13/h4-8,18H,1-3H3. The molecule has 0 saturated heterocycles. The molecular formula is C17H15NO4. The van der Waals surface area contributed by atoms with Crippen molar-refractivity contribution >= 4 is 33.7 Å². The van der Waals surface area contributed by atoms with Gasteiger partial charge >= 0.3 is 11.9 Å². The lowest BCUT2D eigenvalue weighted by molar-refractivity contribution is 0.0557. The van der Waals surface area contributed by atoms with Gasteiger partial charge in [-0.05, 0) is 24.6 Å². The highest BCUT2D eigenvalue weighted by Gasteiger charge is 2.25. The van der Waals surface area contributed by atoms with E-state index in [-0.39, 0.29) is 11.1 Å². The number of methoxy groups -OCH3 is 2. The summed E-state index contributed by atoms with van der Waals surface area (Å²) in [6.07, 6.45) is 0. The molecule has 0 spiro atoms. The lowest BCUT2D eigenvalue weighted by Crippen LogP contribution is -2.13. The number of benzene rings is 2. The lowest BCUT2D eigenvalue weighted by atomic mass is 9.97. The molecule has 5 heteroatoms. The van der Waals surface area contributed by atoms with Crippen LogP contribution in [0.3, 0.4) is 0 Å². The molecule has 0 atom stereocenters. The summed E-state index contributed by atoms with van der Waals surface area (Å²) in [4.78, 5) is 27.6. The number of aryl methyl sites for hydroxylation is 1. The Morgan fingerprint density at radius 3 is 2.41 bits per heavy atom. The number of fused-ring (bicyclic) bond motifs is 3. The average Bonchev–Trinajstić information content (AvgIpc) is 2.93. The van der Waals surface area contributed by atoms with Crippen molar-refractivity contribution in [2.24, 2.45) is 0 Å². The highest BCUT2D eigenvalue weighted by Crippen LogP contribution is 2.33. The van der Waals surface area contributed by atoms with Crippen molar-refractivity contribution in [1.82, 2.24) is 4.98 Å². The number of hydrogen-bond donors (Lipinski definition) is 1. The molecule has 0 aliphatic rings. The minimum Gasteiger partial charge on any atom is -0.465 e. The van der Waals surface area contributed by atoms with Gasteiger partial charge in [-0.3, -0.25) is 0 Å². The number of carbonyl (C=O) groups excluding carboxylic acids is 2. The van der Waals surface area contributed by atoms with E-state index in [4.69, 9.17) is 9.47 Å². The van der Waals surface area contributed by atoms with Gasteiger partial charge in [0.2, 0.25) is 0 Å². The zero-order valence-electron chi connectivity index (χ0n) is 12.5. The van der Waals surface area contributed by atoms with Crippen molar-refractivity contribution in [3.8, 4) is 0 Å². The fraction of sp³-hybridized carbons (Fsp3) is 0.176. The summed E-state index contributed by atoms with van der Waals surface area (Å²) in [6, 6.07) is 9.27. The first kappa shape index (κ1) is 14.1. The van der Waals surface area contributed by atoms with Gasteiger partial charge in [0.05, 0.1) is 30.9 Å². The van der Waals surface area contributed by atoms with E-state index in [0.29, 0.717) is 5.39 Å². The van der Waals surface area contributed by atoms with Gasteiger partial charge in [0, 0.05) is 16.3 Å². The quantitative estimate of drug-likeness (QED) is 0.737. The van der Waals surface area contributed by atoms with Crippen molar-refractivity contribution in [2.45, 2.75) is 6.92 Å². The third-order valence-corrected chi connectivity index (χ3v) is 3.78. The molecule has 0 unspecified atom stereocenters. The molecule has 1 heterocycles. The maximum Gasteiger partial charge on any atom is 0.339 e. The zero-order valence-corrected chi connectivity index (χ0v) is 12.5. The van der Waals surface area contributed by atoms with E-state index < -0.39 is 11.9 Å². The second-order valence-corrected chi connectivity index (χ2v) is 5.02. The summed E-state index contributed by atoms with van der Waals surface area (Å²) in [6.45, 7) is 1.88. The summed E-state index contributed by atoms with van der Waals surface area (Å²) in [5, 5.41) is 1.55. The van der Waals surface area contributed by atoms with Crippen molar-refractivity contribution in [1.29, 1.82) is 0 Å². The molecule has 1 N–H and O–H groups in total. The summed E-state index contributed by atoms with van der Waals surface area (Å²) in [5.41, 5.74) is 3.01. The number of H-pyrrole nitrogens is 1. The maximum absolute atomic E-state index is 12.3. The Bertz CT molecular complexity index is 908. The summed E-state index contributed by atoms with van der Waals surface area (Å²) < 4.78 is 9.68. The molecule has 5 nitrogen and oxygen atoms in total. The van der Waals surface area contributed by atoms with E-state index in [1.165, 1.54) is 14.2 Å². The molecule has 0 fully saturated rings. The van der Waals surface area contributed by atoms with Crippen molar-refractivity contribution in [3.63, 3.8) is 0 Å². The monoisotopic (exact) mass is 297 g/mol. The van der Waals surface area contributed by atoms with E-state index in [1.807, 2.05) is 31.2 Å². The second kappa shape index (κ2) is 5.18. The number of rotatable bonds is 2. The lowest BCUT2D eigenvalue weighted by Gasteiger charge is -2.10. The van der Waals surface area contributed by atoms with E-state index in [2.05, 4.69) is 4.98 Å². The molecule has 0 aliphatic carbocycles. The molecular weight excluding hydrogens is 282 g/mol. The molecule has 0 saturated carbocycles. The highest BCUT2D eigenvalue weighted by atomic mass is 16.5. The minimum atomic E-state index is -0.560. The minimum absolute atomic E-state index is 0.212. The first-order chi connectivity index (χ1) is 10.6. The van der Waals surface area contributed by atoms with E-state index in [1.54, 1.807) is 6.07 Å². The number of nitrogens with one attached hydrogen (secondary N) is 1. The Hall–Kier alpha value is -2.82. The molecule has 0 radical (unpaired) electrons. The van der Waals surface area contributed by atoms with Gasteiger partial charge in [-0.15, -0.1) is 0 Å². The van der Waals surface area contributed by atoms with Crippen LogP contribution < -0.4 is 0 Å². The van der Waals surface area contributed by atoms with Gasteiger partial charge in [-0.25, -0.2) is 9.59 Å². The van der Waals surface area contributed by atoms with Crippen LogP contribution in [0.4, 0.5) is 0 Å². The van der Waals surface area contributed by atoms with Gasteiger partial charge in [0.15, 0.2) is 0 Å². The topological polar surface area (TPSA) is 68.4 Å². The molecule has 0 bridgehead atoms. The second-order valence-electron chi connectivity index (χ2n) is 5.02. The van der Waals surface area contributed by atoms with Crippen LogP contribution in [0.1, 0.15) is 26.3 Å². The van der Waals surface area contributed by atoms with Gasteiger partial charge in [0.1, 0.15) is 0 Å². The fourth-order valence-electron chi connectivity index (χ4n) is 2.78. The fourth-order valence-corrected chi connectivity index (χ4v) is 2.78. The van der Waals surface area contributed by atoms with Gasteiger partial charge in [0.25, 0.3) is 0 Å². The molecule has 22 heavy (non-hydrogen) atoms. The van der Waals surface area contributed by atoms with E-state index in [9.17, 15) is 9.59 Å². The molecule has 0 amide bonds. The first-order valence-electron chi connectivity index (χ1n) is 6.79. The number of hydrogen-bond acceptors (Lipinski definition) is 4. The number of para-hydroxylation sites is 1. The molecule has 0 aliphatic heterocycles. The van der Waals surface area contributed by atoms with E-state index >= 15 is 0 Å². The number of ether oxygens (including phenoxy) is 2. The average molecular weight is 297 g/mol. The maximum atomic E-state index is 12.3. The van der Waals surface area contributed by atoms with E-state index in [0.717, 1.165) is 22.0 Å². The SMILES string of the molecule is COC(=O)c1cc(C)c2[nH]c3ccccc3c2c1C(=O)OC. The highest BCUT2D eigenvalue weighted by molar-refractivity contribution is 6.21. The Morgan fingerprint density at radius 2 is 1.73 bits per heavy atom. The normalized spacial score (nSPS) is 10.9. The Labute approximate surface area is 126 Å². The predicted octanol–water partition coefficient (Wildman–Crippen LogP) is 3.20. The van der Waals surface area contributed by atoms with Crippen molar-refractivity contribution < 1.29 is 19.1 Å². The van der Waals surface area contributed by atoms with Crippen LogP contribution in [0, 0.1) is 6.92 Å². The van der Waals surface area contributed by atoms with Crippen LogP contribution in [0.5, 0.6) is 0 Å². The van der Waals surface area contributed by atoms with Gasteiger partial charge in [-0.2, -0.15) is 0 Å². The van der Waals surface area contributed by atoms with Crippen LogP contribution in [0.2, 0.25) is 0 Å². The predicted molar refractivity (Wildman–Crippen MR) is 83.2 cm³/mol. The smallest absolute Gasteiger partial charge is 0.339 e. The summed E-state index contributed by atoms with van der Waals surface area (Å²) >= 11 is 0. The largest absolute Gasteiger partial charge is 0.465 e. The Morgan fingerprint density at radius 1 is 1.05 bits per heavy atom. The number of esters is 2. The van der Waals surface area contributed by atoms with Crippen LogP contribution in [-0.2, 0) is 9.47 Å². The molecule has 3 rings (SSSR count). The molecule has 1 aromatic heterocycles. The summed E-state index contributed by atoms with van der Waals surface area (Å²) in [7, 11) is 2.59.